The summed E-state index contributed by atoms with van der Waals surface area (Å²) in [5.41, 5.74) is 0.823. The molecule has 4 heteroatoms. The second-order valence-electron chi connectivity index (χ2n) is 4.11. The Labute approximate surface area is 99.7 Å². The van der Waals surface area contributed by atoms with Crippen molar-refractivity contribution < 1.29 is 4.39 Å². The van der Waals surface area contributed by atoms with Crippen molar-refractivity contribution in [3.63, 3.8) is 0 Å². The molecule has 0 saturated heterocycles. The van der Waals surface area contributed by atoms with Crippen LogP contribution in [0, 0.1) is 28.5 Å². The largest absolute Gasteiger partial charge is 0.365 e. The van der Waals surface area contributed by atoms with Crippen molar-refractivity contribution in [2.75, 3.05) is 11.4 Å². The number of nitrogens with zero attached hydrogens (tertiary/aromatic N) is 3. The molecule has 0 radical (unpaired) electrons. The van der Waals surface area contributed by atoms with Gasteiger partial charge in [-0.05, 0) is 31.0 Å². The van der Waals surface area contributed by atoms with Crippen LogP contribution < -0.4 is 4.90 Å². The number of hydrogen-bond donors (Lipinski definition) is 0. The molecule has 2 rings (SSSR count). The maximum absolute atomic E-state index is 13.8. The van der Waals surface area contributed by atoms with Gasteiger partial charge in [-0.15, -0.1) is 0 Å². The molecule has 0 aliphatic heterocycles. The minimum Gasteiger partial charge on any atom is -0.365 e. The van der Waals surface area contributed by atoms with Gasteiger partial charge in [-0.25, -0.2) is 4.39 Å². The lowest BCUT2D eigenvalue weighted by Crippen LogP contribution is -2.27. The molecule has 1 fully saturated rings. The summed E-state index contributed by atoms with van der Waals surface area (Å²) in [6.45, 7) is 0.546. The topological polar surface area (TPSA) is 50.8 Å². The Bertz CT molecular complexity index is 494. The standard InChI is InChI=1S/C13H12FN3/c14-12-8-10(9-16)2-5-13(12)17(7-1-6-15)11-3-4-11/h2,5,8,11H,1,3-4,7H2. The van der Waals surface area contributed by atoms with E-state index in [0.29, 0.717) is 30.3 Å². The van der Waals surface area contributed by atoms with Crippen LogP contribution in [0.4, 0.5) is 10.1 Å². The zero-order chi connectivity index (χ0) is 12.3. The first-order valence-electron chi connectivity index (χ1n) is 5.59. The highest BCUT2D eigenvalue weighted by molar-refractivity contribution is 5.53. The molecule has 0 unspecified atom stereocenters. The van der Waals surface area contributed by atoms with Gasteiger partial charge in [0, 0.05) is 12.6 Å². The number of nitriles is 2. The Balaban J connectivity index is 2.24. The summed E-state index contributed by atoms with van der Waals surface area (Å²) in [5, 5.41) is 17.3. The molecule has 0 N–H and O–H groups in total. The first-order chi connectivity index (χ1) is 8.26. The highest BCUT2D eigenvalue weighted by Gasteiger charge is 2.30. The fourth-order valence-electron chi connectivity index (χ4n) is 1.87. The third-order valence-electron chi connectivity index (χ3n) is 2.84. The highest BCUT2D eigenvalue weighted by Crippen LogP contribution is 2.33. The number of halogens is 1. The van der Waals surface area contributed by atoms with E-state index in [9.17, 15) is 4.39 Å². The van der Waals surface area contributed by atoms with Crippen LogP contribution in [0.1, 0.15) is 24.8 Å². The predicted molar refractivity (Wildman–Crippen MR) is 61.7 cm³/mol. The molecule has 1 aromatic carbocycles. The van der Waals surface area contributed by atoms with Crippen LogP contribution in [0.15, 0.2) is 18.2 Å². The van der Waals surface area contributed by atoms with Gasteiger partial charge in [0.15, 0.2) is 0 Å². The van der Waals surface area contributed by atoms with Crippen LogP contribution in [0.3, 0.4) is 0 Å². The molecule has 0 amide bonds. The monoisotopic (exact) mass is 229 g/mol. The van der Waals surface area contributed by atoms with E-state index in [1.54, 1.807) is 12.1 Å². The number of hydrogen-bond acceptors (Lipinski definition) is 3. The van der Waals surface area contributed by atoms with Crippen molar-refractivity contribution >= 4 is 5.69 Å². The molecule has 0 spiro atoms. The van der Waals surface area contributed by atoms with Crippen molar-refractivity contribution in [2.45, 2.75) is 25.3 Å². The third kappa shape index (κ3) is 2.54. The third-order valence-corrected chi connectivity index (χ3v) is 2.84. The molecule has 1 aliphatic carbocycles. The van der Waals surface area contributed by atoms with Crippen molar-refractivity contribution in [1.29, 1.82) is 10.5 Å². The Kier molecular flexibility index (Phi) is 3.25. The SMILES string of the molecule is N#CCCN(c1ccc(C#N)cc1F)C1CC1. The summed E-state index contributed by atoms with van der Waals surface area (Å²) >= 11 is 0. The normalized spacial score (nSPS) is 13.8. The molecule has 1 aliphatic rings. The van der Waals surface area contributed by atoms with Gasteiger partial charge in [0.25, 0.3) is 0 Å². The lowest BCUT2D eigenvalue weighted by atomic mass is 10.2. The summed E-state index contributed by atoms with van der Waals surface area (Å²) < 4.78 is 13.8. The highest BCUT2D eigenvalue weighted by atomic mass is 19.1. The van der Waals surface area contributed by atoms with Crippen LogP contribution in [-0.4, -0.2) is 12.6 Å². The Morgan fingerprint density at radius 1 is 1.35 bits per heavy atom. The Hall–Kier alpha value is -2.07. The van der Waals surface area contributed by atoms with E-state index in [0.717, 1.165) is 12.8 Å². The number of anilines is 1. The molecule has 0 bridgehead atoms. The smallest absolute Gasteiger partial charge is 0.147 e. The van der Waals surface area contributed by atoms with E-state index in [4.69, 9.17) is 10.5 Å². The second kappa shape index (κ2) is 4.84. The Morgan fingerprint density at radius 2 is 2.12 bits per heavy atom. The number of rotatable bonds is 4. The summed E-state index contributed by atoms with van der Waals surface area (Å²) in [6, 6.07) is 8.83. The summed E-state index contributed by atoms with van der Waals surface area (Å²) in [7, 11) is 0. The van der Waals surface area contributed by atoms with E-state index in [2.05, 4.69) is 6.07 Å². The zero-order valence-corrected chi connectivity index (χ0v) is 9.36. The molecular weight excluding hydrogens is 217 g/mol. The van der Waals surface area contributed by atoms with Gasteiger partial charge in [-0.1, -0.05) is 0 Å². The van der Waals surface area contributed by atoms with Crippen LogP contribution in [-0.2, 0) is 0 Å². The summed E-state index contributed by atoms with van der Waals surface area (Å²) in [6.07, 6.45) is 2.48. The first kappa shape index (κ1) is 11.4. The van der Waals surface area contributed by atoms with E-state index in [1.165, 1.54) is 6.07 Å². The molecule has 0 heterocycles. The van der Waals surface area contributed by atoms with E-state index < -0.39 is 0 Å². The second-order valence-corrected chi connectivity index (χ2v) is 4.11. The first-order valence-corrected chi connectivity index (χ1v) is 5.59. The maximum atomic E-state index is 13.8. The minimum absolute atomic E-state index is 0.322. The van der Waals surface area contributed by atoms with Gasteiger partial charge in [0.2, 0.25) is 0 Å². The maximum Gasteiger partial charge on any atom is 0.147 e. The van der Waals surface area contributed by atoms with E-state index >= 15 is 0 Å². The molecule has 86 valence electrons. The quantitative estimate of drug-likeness (QED) is 0.797. The molecule has 0 aromatic heterocycles. The number of benzene rings is 1. The molecule has 17 heavy (non-hydrogen) atoms. The average molecular weight is 229 g/mol. The summed E-state index contributed by atoms with van der Waals surface area (Å²) in [4.78, 5) is 1.93. The fraction of sp³-hybridized carbons (Fsp3) is 0.385. The molecule has 1 saturated carbocycles. The molecule has 3 nitrogen and oxygen atoms in total. The minimum atomic E-state index is -0.381. The molecular formula is C13H12FN3. The van der Waals surface area contributed by atoms with Crippen LogP contribution in [0.5, 0.6) is 0 Å². The van der Waals surface area contributed by atoms with Gasteiger partial charge in [-0.3, -0.25) is 0 Å². The Morgan fingerprint density at radius 3 is 2.65 bits per heavy atom. The van der Waals surface area contributed by atoms with Crippen molar-refractivity contribution in [3.05, 3.63) is 29.6 Å². The van der Waals surface area contributed by atoms with E-state index in [1.807, 2.05) is 11.0 Å². The van der Waals surface area contributed by atoms with Gasteiger partial charge >= 0.3 is 0 Å². The van der Waals surface area contributed by atoms with Gasteiger partial charge in [0.1, 0.15) is 5.82 Å². The van der Waals surface area contributed by atoms with E-state index in [-0.39, 0.29) is 5.82 Å². The lowest BCUT2D eigenvalue weighted by Gasteiger charge is -2.24. The average Bonchev–Trinajstić information content (AvgIpc) is 3.15. The zero-order valence-electron chi connectivity index (χ0n) is 9.36. The molecule has 0 atom stereocenters. The van der Waals surface area contributed by atoms with Gasteiger partial charge in [-0.2, -0.15) is 10.5 Å². The van der Waals surface area contributed by atoms with Crippen LogP contribution >= 0.6 is 0 Å². The predicted octanol–water partition coefficient (Wildman–Crippen LogP) is 2.58. The summed E-state index contributed by atoms with van der Waals surface area (Å²) in [5.74, 6) is -0.381. The van der Waals surface area contributed by atoms with Crippen molar-refractivity contribution in [3.8, 4) is 12.1 Å². The van der Waals surface area contributed by atoms with Crippen molar-refractivity contribution in [1.82, 2.24) is 0 Å². The van der Waals surface area contributed by atoms with Crippen LogP contribution in [0.25, 0.3) is 0 Å². The van der Waals surface area contributed by atoms with Crippen molar-refractivity contribution in [2.24, 2.45) is 0 Å². The van der Waals surface area contributed by atoms with Gasteiger partial charge < -0.3 is 4.90 Å². The van der Waals surface area contributed by atoms with Crippen LogP contribution in [0.2, 0.25) is 0 Å². The lowest BCUT2D eigenvalue weighted by molar-refractivity contribution is 0.615. The fourth-order valence-corrected chi connectivity index (χ4v) is 1.87. The molecule has 1 aromatic rings. The van der Waals surface area contributed by atoms with Gasteiger partial charge in [0.05, 0.1) is 29.8 Å².